The molecule has 1 aliphatic rings. The van der Waals surface area contributed by atoms with Crippen LogP contribution in [0, 0.1) is 17.8 Å². The average Bonchev–Trinajstić information content (AvgIpc) is 2.88. The molecule has 0 bridgehead atoms. The van der Waals surface area contributed by atoms with Gasteiger partial charge in [0.25, 0.3) is 0 Å². The molecule has 0 spiro atoms. The summed E-state index contributed by atoms with van der Waals surface area (Å²) in [6, 6.07) is 9.34. The number of nitrogens with one attached hydrogen (secondary N) is 2. The van der Waals surface area contributed by atoms with Gasteiger partial charge in [-0.15, -0.1) is 0 Å². The van der Waals surface area contributed by atoms with E-state index < -0.39 is 6.04 Å². The van der Waals surface area contributed by atoms with E-state index in [9.17, 15) is 9.59 Å². The van der Waals surface area contributed by atoms with Gasteiger partial charge in [-0.25, -0.2) is 0 Å². The van der Waals surface area contributed by atoms with Crippen molar-refractivity contribution in [3.05, 3.63) is 59.7 Å². The Morgan fingerprint density at radius 2 is 1.75 bits per heavy atom. The largest absolute Gasteiger partial charge is 0.375 e. The minimum absolute atomic E-state index is 0.0637. The van der Waals surface area contributed by atoms with Crippen LogP contribution in [-0.2, 0) is 20.9 Å². The van der Waals surface area contributed by atoms with Crippen molar-refractivity contribution >= 4 is 11.8 Å². The van der Waals surface area contributed by atoms with Gasteiger partial charge in [-0.3, -0.25) is 9.59 Å². The number of carbonyl (C=O) groups excluding carboxylic acids is 2. The van der Waals surface area contributed by atoms with Crippen LogP contribution in [0.1, 0.15) is 71.8 Å². The molecular weight excluding hydrogens is 450 g/mol. The Morgan fingerprint density at radius 3 is 2.36 bits per heavy atom. The van der Waals surface area contributed by atoms with Crippen LogP contribution >= 0.6 is 0 Å². The van der Waals surface area contributed by atoms with Crippen LogP contribution < -0.4 is 16.4 Å². The lowest BCUT2D eigenvalue weighted by Crippen LogP contribution is -2.53. The van der Waals surface area contributed by atoms with Gasteiger partial charge in [-0.2, -0.15) is 0 Å². The van der Waals surface area contributed by atoms with Gasteiger partial charge in [0, 0.05) is 18.5 Å². The van der Waals surface area contributed by atoms with Crippen molar-refractivity contribution in [1.29, 1.82) is 0 Å². The smallest absolute Gasteiger partial charge is 0.243 e. The van der Waals surface area contributed by atoms with Gasteiger partial charge in [0.05, 0.1) is 13.2 Å². The fourth-order valence-electron chi connectivity index (χ4n) is 4.66. The van der Waals surface area contributed by atoms with Crippen molar-refractivity contribution in [2.75, 3.05) is 13.2 Å². The second-order valence-corrected chi connectivity index (χ2v) is 10.2. The normalized spacial score (nSPS) is 15.9. The molecule has 0 radical (unpaired) electrons. The van der Waals surface area contributed by atoms with Crippen LogP contribution in [-0.4, -0.2) is 37.0 Å². The minimum atomic E-state index is -0.537. The summed E-state index contributed by atoms with van der Waals surface area (Å²) in [5.74, 6) is -0.146. The Labute approximate surface area is 218 Å². The highest BCUT2D eigenvalue weighted by molar-refractivity contribution is 5.89. The Morgan fingerprint density at radius 1 is 1.03 bits per heavy atom. The third kappa shape index (κ3) is 10.3. The van der Waals surface area contributed by atoms with Crippen molar-refractivity contribution in [2.24, 2.45) is 23.5 Å². The molecule has 4 N–H and O–H groups in total. The molecular formula is C30H47N3O3. The maximum Gasteiger partial charge on any atom is 0.243 e. The summed E-state index contributed by atoms with van der Waals surface area (Å²) in [4.78, 5) is 26.5. The number of ether oxygens (including phenoxy) is 1. The molecule has 6 heteroatoms. The monoisotopic (exact) mass is 497 g/mol. The second-order valence-electron chi connectivity index (χ2n) is 10.2. The van der Waals surface area contributed by atoms with Crippen LogP contribution in [0.15, 0.2) is 54.1 Å². The maximum atomic E-state index is 13.4. The van der Waals surface area contributed by atoms with Gasteiger partial charge in [-0.05, 0) is 48.7 Å². The molecule has 200 valence electrons. The van der Waals surface area contributed by atoms with Crippen molar-refractivity contribution in [3.63, 3.8) is 0 Å². The van der Waals surface area contributed by atoms with E-state index in [0.717, 1.165) is 36.8 Å². The van der Waals surface area contributed by atoms with Gasteiger partial charge in [0.2, 0.25) is 11.8 Å². The van der Waals surface area contributed by atoms with E-state index in [1.807, 2.05) is 30.3 Å². The molecule has 0 aliphatic heterocycles. The van der Waals surface area contributed by atoms with E-state index in [4.69, 9.17) is 10.5 Å². The van der Waals surface area contributed by atoms with Gasteiger partial charge < -0.3 is 21.1 Å². The highest BCUT2D eigenvalue weighted by Gasteiger charge is 2.31. The Balaban J connectivity index is 1.90. The molecule has 2 rings (SSSR count). The van der Waals surface area contributed by atoms with Crippen LogP contribution in [0.5, 0.6) is 0 Å². The van der Waals surface area contributed by atoms with Crippen molar-refractivity contribution in [3.8, 4) is 0 Å². The summed E-state index contributed by atoms with van der Waals surface area (Å²) in [6.07, 6.45) is 11.4. The van der Waals surface area contributed by atoms with Crippen molar-refractivity contribution in [1.82, 2.24) is 10.6 Å². The summed E-state index contributed by atoms with van der Waals surface area (Å²) < 4.78 is 5.78. The number of hydrogen-bond acceptors (Lipinski definition) is 4. The highest BCUT2D eigenvalue weighted by Crippen LogP contribution is 2.21. The molecule has 0 aromatic heterocycles. The topological polar surface area (TPSA) is 93.5 Å². The molecule has 3 atom stereocenters. The number of carbonyl (C=O) groups is 2. The summed E-state index contributed by atoms with van der Waals surface area (Å²) >= 11 is 0. The molecule has 1 aliphatic carbocycles. The third-order valence-electron chi connectivity index (χ3n) is 7.07. The van der Waals surface area contributed by atoms with E-state index in [-0.39, 0.29) is 35.6 Å². The van der Waals surface area contributed by atoms with E-state index >= 15 is 0 Å². The maximum absolute atomic E-state index is 13.4. The van der Waals surface area contributed by atoms with Crippen LogP contribution in [0.2, 0.25) is 0 Å². The SMILES string of the molecule is CCC(CC)C(NC(=O)[C@@H](CC[C@@H](N)COCc1ccccc1)C(C)C)C(=O)NCC1=CCCC=C1. The van der Waals surface area contributed by atoms with Gasteiger partial charge >= 0.3 is 0 Å². The van der Waals surface area contributed by atoms with Gasteiger partial charge in [0.1, 0.15) is 6.04 Å². The number of allylic oxidation sites excluding steroid dienone is 2. The molecule has 1 unspecified atom stereocenters. The fraction of sp³-hybridized carbons (Fsp3) is 0.600. The second kappa shape index (κ2) is 16.3. The molecule has 36 heavy (non-hydrogen) atoms. The van der Waals surface area contributed by atoms with Gasteiger partial charge in [0.15, 0.2) is 0 Å². The lowest BCUT2D eigenvalue weighted by Gasteiger charge is -2.29. The van der Waals surface area contributed by atoms with Crippen molar-refractivity contribution in [2.45, 2.75) is 84.9 Å². The zero-order valence-electron chi connectivity index (χ0n) is 22.7. The number of rotatable bonds is 16. The standard InChI is InChI=1S/C30H47N3O3/c1-5-25(6-2)28(30(35)32-19-23-13-9-7-10-14-23)33-29(34)27(22(3)4)18-17-26(31)21-36-20-24-15-11-8-12-16-24/h8-9,11-16,22,25-28H,5-7,10,17-21,31H2,1-4H3,(H,32,35)(H,33,34)/t26-,27+,28?/m1/s1. The predicted molar refractivity (Wildman–Crippen MR) is 147 cm³/mol. The quantitative estimate of drug-likeness (QED) is 0.303. The number of hydrogen-bond donors (Lipinski definition) is 3. The summed E-state index contributed by atoms with van der Waals surface area (Å²) in [5, 5.41) is 6.17. The molecule has 1 aromatic carbocycles. The van der Waals surface area contributed by atoms with Gasteiger partial charge in [-0.1, -0.05) is 89.1 Å². The zero-order chi connectivity index (χ0) is 26.3. The number of benzene rings is 1. The first-order valence-corrected chi connectivity index (χ1v) is 13.7. The molecule has 1 aromatic rings. The first kappa shape index (κ1) is 29.8. The van der Waals surface area contributed by atoms with E-state index in [2.05, 4.69) is 56.6 Å². The molecule has 2 amide bonds. The van der Waals surface area contributed by atoms with E-state index in [1.54, 1.807) is 0 Å². The van der Waals surface area contributed by atoms with E-state index in [1.165, 1.54) is 0 Å². The summed E-state index contributed by atoms with van der Waals surface area (Å²) in [5.41, 5.74) is 8.54. The minimum Gasteiger partial charge on any atom is -0.375 e. The first-order chi connectivity index (χ1) is 17.3. The number of nitrogens with two attached hydrogens (primary N) is 1. The molecule has 0 saturated heterocycles. The summed E-state index contributed by atoms with van der Waals surface area (Å²) in [6.45, 7) is 9.72. The number of amides is 2. The first-order valence-electron chi connectivity index (χ1n) is 13.7. The van der Waals surface area contributed by atoms with Crippen molar-refractivity contribution < 1.29 is 14.3 Å². The molecule has 0 heterocycles. The average molecular weight is 498 g/mol. The highest BCUT2D eigenvalue weighted by atomic mass is 16.5. The Hall–Kier alpha value is -2.44. The zero-order valence-corrected chi connectivity index (χ0v) is 22.7. The van der Waals surface area contributed by atoms with E-state index in [0.29, 0.717) is 32.6 Å². The summed E-state index contributed by atoms with van der Waals surface area (Å²) in [7, 11) is 0. The predicted octanol–water partition coefficient (Wildman–Crippen LogP) is 4.90. The van der Waals surface area contributed by atoms with Crippen LogP contribution in [0.25, 0.3) is 0 Å². The Kier molecular flexibility index (Phi) is 13.5. The molecule has 6 nitrogen and oxygen atoms in total. The molecule has 0 saturated carbocycles. The fourth-order valence-corrected chi connectivity index (χ4v) is 4.66. The van der Waals surface area contributed by atoms with Crippen LogP contribution in [0.4, 0.5) is 0 Å². The Bertz CT molecular complexity index is 846. The lowest BCUT2D eigenvalue weighted by molar-refractivity contribution is -0.133. The molecule has 0 fully saturated rings. The van der Waals surface area contributed by atoms with Crippen LogP contribution in [0.3, 0.4) is 0 Å². The lowest BCUT2D eigenvalue weighted by atomic mass is 9.87. The third-order valence-corrected chi connectivity index (χ3v) is 7.07.